The molecule has 0 saturated carbocycles. The highest BCUT2D eigenvalue weighted by atomic mass is 32.2. The Hall–Kier alpha value is -3.65. The van der Waals surface area contributed by atoms with Crippen LogP contribution in [0.4, 0.5) is 5.69 Å². The third-order valence-corrected chi connectivity index (χ3v) is 7.41. The van der Waals surface area contributed by atoms with Gasteiger partial charge in [0, 0.05) is 20.0 Å². The van der Waals surface area contributed by atoms with Crippen molar-refractivity contribution < 1.29 is 18.0 Å². The molecule has 0 aliphatic rings. The first kappa shape index (κ1) is 27.9. The standard InChI is InChI=1S/C29H35N3O4S/c1-5-23-14-16-26(17-15-23)32(37(4,35)36)21-28(33)31(20-25-13-9-10-22(2)18-25)27(29(34)30-3)19-24-11-7-6-8-12-24/h6-18,27H,5,19-21H2,1-4H3,(H,30,34)/t27-/m0/s1. The number of hydrogen-bond acceptors (Lipinski definition) is 4. The molecule has 1 N–H and O–H groups in total. The summed E-state index contributed by atoms with van der Waals surface area (Å²) in [6.45, 7) is 3.72. The van der Waals surface area contributed by atoms with Gasteiger partial charge in [0.05, 0.1) is 11.9 Å². The van der Waals surface area contributed by atoms with E-state index in [2.05, 4.69) is 5.32 Å². The molecule has 3 aromatic carbocycles. The number of likely N-dealkylation sites (N-methyl/N-ethyl adjacent to an activating group) is 1. The summed E-state index contributed by atoms with van der Waals surface area (Å²) in [4.78, 5) is 28.5. The largest absolute Gasteiger partial charge is 0.357 e. The number of carbonyl (C=O) groups is 2. The average Bonchev–Trinajstić information content (AvgIpc) is 2.88. The van der Waals surface area contributed by atoms with Gasteiger partial charge in [-0.1, -0.05) is 79.2 Å². The Kier molecular flexibility index (Phi) is 9.47. The zero-order valence-corrected chi connectivity index (χ0v) is 22.7. The average molecular weight is 522 g/mol. The number of aryl methyl sites for hydroxylation is 2. The molecule has 3 aromatic rings. The Morgan fingerprint density at radius 1 is 0.892 bits per heavy atom. The summed E-state index contributed by atoms with van der Waals surface area (Å²) in [5.41, 5.74) is 4.25. The number of carbonyl (C=O) groups excluding carboxylic acids is 2. The number of sulfonamides is 1. The molecule has 196 valence electrons. The van der Waals surface area contributed by atoms with E-state index < -0.39 is 28.5 Å². The van der Waals surface area contributed by atoms with E-state index in [1.54, 1.807) is 12.1 Å². The molecule has 0 fully saturated rings. The second-order valence-electron chi connectivity index (χ2n) is 9.12. The second kappa shape index (κ2) is 12.5. The molecular weight excluding hydrogens is 486 g/mol. The van der Waals surface area contributed by atoms with Gasteiger partial charge in [-0.05, 0) is 42.2 Å². The van der Waals surface area contributed by atoms with E-state index in [0.29, 0.717) is 12.1 Å². The summed E-state index contributed by atoms with van der Waals surface area (Å²) in [5.74, 6) is -0.779. The topological polar surface area (TPSA) is 86.8 Å². The summed E-state index contributed by atoms with van der Waals surface area (Å²) in [6.07, 6.45) is 2.19. The van der Waals surface area contributed by atoms with E-state index in [-0.39, 0.29) is 12.5 Å². The molecule has 8 heteroatoms. The van der Waals surface area contributed by atoms with Crippen LogP contribution in [0.2, 0.25) is 0 Å². The zero-order chi connectivity index (χ0) is 27.0. The van der Waals surface area contributed by atoms with Crippen molar-refractivity contribution in [3.8, 4) is 0 Å². The van der Waals surface area contributed by atoms with Crippen molar-refractivity contribution >= 4 is 27.5 Å². The van der Waals surface area contributed by atoms with E-state index in [1.807, 2.05) is 80.6 Å². The third-order valence-electron chi connectivity index (χ3n) is 6.26. The Bertz CT molecular complexity index is 1310. The highest BCUT2D eigenvalue weighted by Gasteiger charge is 2.32. The summed E-state index contributed by atoms with van der Waals surface area (Å²) < 4.78 is 26.6. The molecule has 37 heavy (non-hydrogen) atoms. The van der Waals surface area contributed by atoms with Gasteiger partial charge in [-0.3, -0.25) is 13.9 Å². The van der Waals surface area contributed by atoms with Gasteiger partial charge >= 0.3 is 0 Å². The fraction of sp³-hybridized carbons (Fsp3) is 0.310. The molecule has 0 aliphatic heterocycles. The molecule has 1 atom stereocenters. The maximum atomic E-state index is 13.9. The second-order valence-corrected chi connectivity index (χ2v) is 11.0. The lowest BCUT2D eigenvalue weighted by molar-refractivity contribution is -0.139. The Morgan fingerprint density at radius 3 is 2.11 bits per heavy atom. The number of amides is 2. The molecule has 0 bridgehead atoms. The smallest absolute Gasteiger partial charge is 0.244 e. The number of hydrogen-bond donors (Lipinski definition) is 1. The van der Waals surface area contributed by atoms with Crippen LogP contribution in [0.5, 0.6) is 0 Å². The maximum absolute atomic E-state index is 13.9. The van der Waals surface area contributed by atoms with Crippen molar-refractivity contribution in [2.24, 2.45) is 0 Å². The quantitative estimate of drug-likeness (QED) is 0.417. The minimum absolute atomic E-state index is 0.164. The first-order valence-electron chi connectivity index (χ1n) is 12.3. The van der Waals surface area contributed by atoms with Gasteiger partial charge in [0.2, 0.25) is 21.8 Å². The molecular formula is C29H35N3O4S. The third kappa shape index (κ3) is 7.67. The molecule has 0 radical (unpaired) electrons. The highest BCUT2D eigenvalue weighted by Crippen LogP contribution is 2.21. The summed E-state index contributed by atoms with van der Waals surface area (Å²) in [7, 11) is -2.24. The lowest BCUT2D eigenvalue weighted by atomic mass is 10.0. The molecule has 0 spiro atoms. The number of benzene rings is 3. The normalized spacial score (nSPS) is 12.0. The van der Waals surface area contributed by atoms with E-state index in [9.17, 15) is 18.0 Å². The predicted molar refractivity (Wildman–Crippen MR) is 148 cm³/mol. The van der Waals surface area contributed by atoms with Gasteiger partial charge < -0.3 is 10.2 Å². The van der Waals surface area contributed by atoms with Crippen LogP contribution in [0.3, 0.4) is 0 Å². The van der Waals surface area contributed by atoms with E-state index >= 15 is 0 Å². The van der Waals surface area contributed by atoms with Crippen LogP contribution in [0.15, 0.2) is 78.9 Å². The Morgan fingerprint density at radius 2 is 1.54 bits per heavy atom. The molecule has 7 nitrogen and oxygen atoms in total. The number of anilines is 1. The molecule has 0 aliphatic carbocycles. The minimum atomic E-state index is -3.77. The fourth-order valence-corrected chi connectivity index (χ4v) is 5.09. The minimum Gasteiger partial charge on any atom is -0.357 e. The molecule has 0 heterocycles. The van der Waals surface area contributed by atoms with Gasteiger partial charge in [-0.2, -0.15) is 0 Å². The summed E-state index contributed by atoms with van der Waals surface area (Å²) in [5, 5.41) is 2.68. The highest BCUT2D eigenvalue weighted by molar-refractivity contribution is 7.92. The predicted octanol–water partition coefficient (Wildman–Crippen LogP) is 3.71. The molecule has 0 aromatic heterocycles. The van der Waals surface area contributed by atoms with Crippen molar-refractivity contribution in [3.05, 3.63) is 101 Å². The van der Waals surface area contributed by atoms with E-state index in [0.717, 1.165) is 39.2 Å². The van der Waals surface area contributed by atoms with Crippen LogP contribution in [0.25, 0.3) is 0 Å². The molecule has 0 unspecified atom stereocenters. The first-order chi connectivity index (χ1) is 17.6. The van der Waals surface area contributed by atoms with Crippen molar-refractivity contribution in [1.82, 2.24) is 10.2 Å². The summed E-state index contributed by atoms with van der Waals surface area (Å²) in [6, 6.07) is 23.5. The van der Waals surface area contributed by atoms with Gasteiger partial charge in [-0.25, -0.2) is 8.42 Å². The van der Waals surface area contributed by atoms with Gasteiger partial charge in [-0.15, -0.1) is 0 Å². The van der Waals surface area contributed by atoms with Crippen LogP contribution >= 0.6 is 0 Å². The number of nitrogens with one attached hydrogen (secondary N) is 1. The monoisotopic (exact) mass is 521 g/mol. The zero-order valence-electron chi connectivity index (χ0n) is 21.8. The van der Waals surface area contributed by atoms with Gasteiger partial charge in [0.25, 0.3) is 0 Å². The van der Waals surface area contributed by atoms with E-state index in [4.69, 9.17) is 0 Å². The van der Waals surface area contributed by atoms with Crippen LogP contribution in [-0.2, 0) is 39.0 Å². The Balaban J connectivity index is 2.01. The van der Waals surface area contributed by atoms with Crippen molar-refractivity contribution in [2.45, 2.75) is 39.3 Å². The number of nitrogens with zero attached hydrogens (tertiary/aromatic N) is 2. The first-order valence-corrected chi connectivity index (χ1v) is 14.1. The molecule has 0 saturated heterocycles. The van der Waals surface area contributed by atoms with E-state index in [1.165, 1.54) is 11.9 Å². The number of rotatable bonds is 11. The van der Waals surface area contributed by atoms with Crippen molar-refractivity contribution in [1.29, 1.82) is 0 Å². The Labute approximate surface area is 220 Å². The summed E-state index contributed by atoms with van der Waals surface area (Å²) >= 11 is 0. The SMILES string of the molecule is CCc1ccc(N(CC(=O)N(Cc2cccc(C)c2)[C@@H](Cc2ccccc2)C(=O)NC)S(C)(=O)=O)cc1. The van der Waals surface area contributed by atoms with Gasteiger partial charge in [0.1, 0.15) is 12.6 Å². The van der Waals surface area contributed by atoms with Crippen LogP contribution < -0.4 is 9.62 Å². The van der Waals surface area contributed by atoms with Crippen LogP contribution in [-0.4, -0.2) is 51.0 Å². The van der Waals surface area contributed by atoms with Crippen LogP contribution in [0, 0.1) is 6.92 Å². The lowest BCUT2D eigenvalue weighted by Gasteiger charge is -2.33. The fourth-order valence-electron chi connectivity index (χ4n) is 4.24. The maximum Gasteiger partial charge on any atom is 0.244 e. The van der Waals surface area contributed by atoms with Crippen molar-refractivity contribution in [2.75, 3.05) is 24.2 Å². The molecule has 2 amide bonds. The van der Waals surface area contributed by atoms with Gasteiger partial charge in [0.15, 0.2) is 0 Å². The van der Waals surface area contributed by atoms with Crippen molar-refractivity contribution in [3.63, 3.8) is 0 Å². The molecule has 3 rings (SSSR count). The van der Waals surface area contributed by atoms with Crippen LogP contribution in [0.1, 0.15) is 29.2 Å². The lowest BCUT2D eigenvalue weighted by Crippen LogP contribution is -2.52.